The molecule has 13 heteroatoms. The van der Waals surface area contributed by atoms with Crippen molar-refractivity contribution in [2.45, 2.75) is 26.5 Å². The first kappa shape index (κ1) is 34.6. The quantitative estimate of drug-likeness (QED) is 0.0908. The van der Waals surface area contributed by atoms with Crippen molar-refractivity contribution in [2.75, 3.05) is 27.4 Å². The number of nitrogens with zero attached hydrogens (tertiary/aromatic N) is 1. The number of benzene rings is 4. The van der Waals surface area contributed by atoms with Gasteiger partial charge in [0.1, 0.15) is 6.61 Å². The molecule has 0 fully saturated rings. The number of hydrogen-bond acceptors (Lipinski definition) is 9. The molecule has 4 aromatic rings. The van der Waals surface area contributed by atoms with Gasteiger partial charge < -0.3 is 34.3 Å². The molecule has 5 rings (SSSR count). The topological polar surface area (TPSA) is 146 Å². The predicted octanol–water partition coefficient (Wildman–Crippen LogP) is 5.81. The molecule has 0 unspecified atom stereocenters. The van der Waals surface area contributed by atoms with Crippen LogP contribution >= 0.6 is 11.6 Å². The van der Waals surface area contributed by atoms with E-state index in [1.807, 2.05) is 42.5 Å². The van der Waals surface area contributed by atoms with Crippen molar-refractivity contribution in [3.05, 3.63) is 106 Å². The number of carbonyl (C=O) groups excluding carboxylic acids is 3. The highest BCUT2D eigenvalue weighted by Crippen LogP contribution is 2.37. The Morgan fingerprint density at radius 2 is 1.73 bits per heavy atom. The van der Waals surface area contributed by atoms with Gasteiger partial charge in [0.25, 0.3) is 5.91 Å². The zero-order chi connectivity index (χ0) is 34.9. The Morgan fingerprint density at radius 3 is 2.51 bits per heavy atom. The minimum Gasteiger partial charge on any atom is -0.493 e. The Balaban J connectivity index is 1.20. The van der Waals surface area contributed by atoms with Crippen LogP contribution in [0.3, 0.4) is 0 Å². The maximum Gasteiger partial charge on any atom is 0.338 e. The van der Waals surface area contributed by atoms with Gasteiger partial charge in [-0.05, 0) is 65.6 Å². The fourth-order valence-electron chi connectivity index (χ4n) is 5.28. The van der Waals surface area contributed by atoms with Crippen LogP contribution in [0.2, 0.25) is 5.02 Å². The molecular formula is C36H35ClN4O8. The lowest BCUT2D eigenvalue weighted by Crippen LogP contribution is -2.45. The smallest absolute Gasteiger partial charge is 0.338 e. The molecule has 0 saturated heterocycles. The molecule has 1 heterocycles. The summed E-state index contributed by atoms with van der Waals surface area (Å²) in [4.78, 5) is 37.4. The van der Waals surface area contributed by atoms with Crippen molar-refractivity contribution >= 4 is 46.5 Å². The summed E-state index contributed by atoms with van der Waals surface area (Å²) < 4.78 is 27.9. The number of halogens is 1. The number of fused-ring (bicyclic) bond motifs is 1. The average Bonchev–Trinajstić information content (AvgIpc) is 3.09. The van der Waals surface area contributed by atoms with Gasteiger partial charge in [-0.1, -0.05) is 60.1 Å². The van der Waals surface area contributed by atoms with E-state index in [9.17, 15) is 14.4 Å². The van der Waals surface area contributed by atoms with Crippen molar-refractivity contribution in [1.82, 2.24) is 16.1 Å². The number of ether oxygens (including phenoxy) is 5. The number of amides is 3. The number of carbonyl (C=O) groups is 3. The second-order valence-electron chi connectivity index (χ2n) is 10.7. The molecule has 4 aromatic carbocycles. The molecule has 3 N–H and O–H groups in total. The van der Waals surface area contributed by atoms with Gasteiger partial charge in [0.15, 0.2) is 29.6 Å². The van der Waals surface area contributed by atoms with E-state index >= 15 is 0 Å². The van der Waals surface area contributed by atoms with Gasteiger partial charge in [-0.25, -0.2) is 15.0 Å². The van der Waals surface area contributed by atoms with Crippen molar-refractivity contribution in [2.24, 2.45) is 5.10 Å². The van der Waals surface area contributed by atoms with Gasteiger partial charge in [-0.3, -0.25) is 4.79 Å². The molecule has 1 atom stereocenters. The lowest BCUT2D eigenvalue weighted by atomic mass is 9.95. The molecule has 49 heavy (non-hydrogen) atoms. The van der Waals surface area contributed by atoms with E-state index in [0.29, 0.717) is 33.3 Å². The maximum atomic E-state index is 12.6. The van der Waals surface area contributed by atoms with Gasteiger partial charge in [-0.2, -0.15) is 5.10 Å². The predicted molar refractivity (Wildman–Crippen MR) is 184 cm³/mol. The van der Waals surface area contributed by atoms with Crippen LogP contribution < -0.4 is 35.0 Å². The number of rotatable bonds is 13. The van der Waals surface area contributed by atoms with Gasteiger partial charge in [-0.15, -0.1) is 0 Å². The fraction of sp³-hybridized carbons (Fsp3) is 0.222. The zero-order valence-electron chi connectivity index (χ0n) is 27.3. The van der Waals surface area contributed by atoms with Crippen LogP contribution in [0.1, 0.15) is 36.6 Å². The molecule has 254 valence electrons. The largest absolute Gasteiger partial charge is 0.493 e. The molecule has 3 amide bonds. The number of hydrazone groups is 1. The molecule has 12 nitrogen and oxygen atoms in total. The van der Waals surface area contributed by atoms with Crippen molar-refractivity contribution in [3.63, 3.8) is 0 Å². The minimum atomic E-state index is -0.787. The van der Waals surface area contributed by atoms with Crippen LogP contribution in [0.4, 0.5) is 4.79 Å². The van der Waals surface area contributed by atoms with Crippen LogP contribution in [0.5, 0.6) is 23.0 Å². The summed E-state index contributed by atoms with van der Waals surface area (Å²) in [5.41, 5.74) is 5.18. The highest BCUT2D eigenvalue weighted by atomic mass is 35.5. The number of nitrogens with one attached hydrogen (secondary N) is 3. The summed E-state index contributed by atoms with van der Waals surface area (Å²) >= 11 is 6.56. The minimum absolute atomic E-state index is 0.175. The molecule has 1 aliphatic heterocycles. The zero-order valence-corrected chi connectivity index (χ0v) is 28.1. The van der Waals surface area contributed by atoms with E-state index in [4.69, 9.17) is 35.3 Å². The third-order valence-corrected chi connectivity index (χ3v) is 7.83. The molecule has 0 aromatic heterocycles. The van der Waals surface area contributed by atoms with Crippen molar-refractivity contribution in [1.29, 1.82) is 0 Å². The number of hydrogen-bond donors (Lipinski definition) is 3. The first-order valence-corrected chi connectivity index (χ1v) is 15.6. The second kappa shape index (κ2) is 15.9. The molecule has 0 bridgehead atoms. The Kier molecular flexibility index (Phi) is 11.2. The van der Waals surface area contributed by atoms with E-state index in [2.05, 4.69) is 21.2 Å². The van der Waals surface area contributed by atoms with Crippen LogP contribution in [0.25, 0.3) is 10.8 Å². The summed E-state index contributed by atoms with van der Waals surface area (Å²) in [6, 6.07) is 21.0. The highest BCUT2D eigenvalue weighted by molar-refractivity contribution is 6.32. The Bertz CT molecular complexity index is 1940. The summed E-state index contributed by atoms with van der Waals surface area (Å²) in [6.07, 6.45) is 1.42. The van der Waals surface area contributed by atoms with E-state index in [0.717, 1.165) is 16.3 Å². The summed E-state index contributed by atoms with van der Waals surface area (Å²) in [7, 11) is 2.95. The van der Waals surface area contributed by atoms with E-state index < -0.39 is 23.9 Å². The summed E-state index contributed by atoms with van der Waals surface area (Å²) in [6.45, 7) is 3.40. The Hall–Kier alpha value is -5.75. The third kappa shape index (κ3) is 8.22. The van der Waals surface area contributed by atoms with Crippen molar-refractivity contribution < 1.29 is 38.1 Å². The van der Waals surface area contributed by atoms with Gasteiger partial charge in [0.05, 0.1) is 43.7 Å². The monoisotopic (exact) mass is 686 g/mol. The number of allylic oxidation sites excluding steroid dienone is 1. The molecule has 1 aliphatic rings. The van der Waals surface area contributed by atoms with E-state index in [1.54, 1.807) is 44.2 Å². The highest BCUT2D eigenvalue weighted by Gasteiger charge is 2.32. The first-order chi connectivity index (χ1) is 23.7. The van der Waals surface area contributed by atoms with Gasteiger partial charge in [0.2, 0.25) is 0 Å². The number of urea groups is 1. The van der Waals surface area contributed by atoms with E-state index in [1.165, 1.54) is 20.4 Å². The lowest BCUT2D eigenvalue weighted by molar-refractivity contribution is -0.139. The Labute approximate surface area is 288 Å². The fourth-order valence-corrected chi connectivity index (χ4v) is 5.56. The summed E-state index contributed by atoms with van der Waals surface area (Å²) in [5, 5.41) is 11.9. The van der Waals surface area contributed by atoms with Crippen molar-refractivity contribution in [3.8, 4) is 23.0 Å². The first-order valence-electron chi connectivity index (χ1n) is 15.3. The number of esters is 1. The molecule has 0 aliphatic carbocycles. The standard InChI is InChI=1S/C36H35ClN4O8/c1-5-47-35(43)32-21(2)39-36(44)40-33(32)24-13-14-28(29(17-24)45-3)48-20-31(42)41-38-18-22-15-27(37)34(30(16-22)46-4)49-19-25-11-8-10-23-9-6-7-12-26(23)25/h6-18,33H,5,19-20H2,1-4H3,(H,41,42)(H2,39,40,44)/b38-18-/t33-/m1/s1. The van der Waals surface area contributed by atoms with Crippen LogP contribution in [0.15, 0.2) is 89.2 Å². The van der Waals surface area contributed by atoms with E-state index in [-0.39, 0.29) is 36.9 Å². The van der Waals surface area contributed by atoms with Crippen LogP contribution in [-0.2, 0) is 20.9 Å². The Morgan fingerprint density at radius 1 is 0.959 bits per heavy atom. The normalized spacial score (nSPS) is 14.2. The maximum absolute atomic E-state index is 12.6. The van der Waals surface area contributed by atoms with Gasteiger partial charge >= 0.3 is 12.0 Å². The van der Waals surface area contributed by atoms with Crippen LogP contribution in [0, 0.1) is 0 Å². The average molecular weight is 687 g/mol. The number of methoxy groups -OCH3 is 2. The summed E-state index contributed by atoms with van der Waals surface area (Å²) in [5.74, 6) is 0.243. The third-order valence-electron chi connectivity index (χ3n) is 7.55. The van der Waals surface area contributed by atoms with Crippen LogP contribution in [-0.4, -0.2) is 51.6 Å². The molecular weight excluding hydrogens is 652 g/mol. The molecule has 0 saturated carbocycles. The molecule has 0 spiro atoms. The van der Waals surface area contributed by atoms with Gasteiger partial charge in [0, 0.05) is 5.70 Å². The molecule has 0 radical (unpaired) electrons. The second-order valence-corrected chi connectivity index (χ2v) is 11.2. The SMILES string of the molecule is CCOC(=O)C1=C(C)NC(=O)N[C@@H]1c1ccc(OCC(=O)N/N=C\c2cc(Cl)c(OCc3cccc4ccccc34)c(OC)c2)c(OC)c1. The lowest BCUT2D eigenvalue weighted by Gasteiger charge is -2.28.